The molecule has 0 aliphatic heterocycles. The van der Waals surface area contributed by atoms with Crippen LogP contribution in [0.5, 0.6) is 0 Å². The number of rotatable bonds is 4. The van der Waals surface area contributed by atoms with Gasteiger partial charge in [0.2, 0.25) is 0 Å². The maximum absolute atomic E-state index is 13.3. The average molecular weight is 444 g/mol. The van der Waals surface area contributed by atoms with Crippen LogP contribution in [-0.2, 0) is 5.60 Å². The number of fused-ring (bicyclic) bond motifs is 1. The second-order valence-electron chi connectivity index (χ2n) is 7.34. The van der Waals surface area contributed by atoms with Gasteiger partial charge in [0, 0.05) is 21.3 Å². The van der Waals surface area contributed by atoms with Gasteiger partial charge in [0.1, 0.15) is 5.82 Å². The van der Waals surface area contributed by atoms with Crippen LogP contribution in [0.25, 0.3) is 21.3 Å². The van der Waals surface area contributed by atoms with E-state index in [0.717, 1.165) is 21.9 Å². The number of alkyl halides is 3. The van der Waals surface area contributed by atoms with Crippen LogP contribution >= 0.6 is 11.3 Å². The summed E-state index contributed by atoms with van der Waals surface area (Å²) in [5, 5.41) is 10.9. The molecule has 5 nitrogen and oxygen atoms in total. The zero-order valence-corrected chi connectivity index (χ0v) is 17.2. The molecule has 9 heteroatoms. The summed E-state index contributed by atoms with van der Waals surface area (Å²) in [5.74, 6) is 0.368. The van der Waals surface area contributed by atoms with E-state index in [2.05, 4.69) is 9.97 Å². The summed E-state index contributed by atoms with van der Waals surface area (Å²) in [6.45, 7) is 0.730. The van der Waals surface area contributed by atoms with Gasteiger partial charge < -0.3 is 16.6 Å². The zero-order chi connectivity index (χ0) is 22.4. The van der Waals surface area contributed by atoms with Gasteiger partial charge in [0.15, 0.2) is 5.60 Å². The van der Waals surface area contributed by atoms with Gasteiger partial charge >= 0.3 is 6.18 Å². The van der Waals surface area contributed by atoms with E-state index < -0.39 is 17.8 Å². The Morgan fingerprint density at radius 1 is 1.06 bits per heavy atom. The van der Waals surface area contributed by atoms with Crippen LogP contribution in [0.4, 0.5) is 19.0 Å². The fraction of sp³-hybridized carbons (Fsp3) is 0.182. The first-order chi connectivity index (χ1) is 14.6. The third-order valence-electron chi connectivity index (χ3n) is 5.13. The lowest BCUT2D eigenvalue weighted by Gasteiger charge is -2.26. The van der Waals surface area contributed by atoms with Gasteiger partial charge in [-0.15, -0.1) is 11.3 Å². The zero-order valence-electron chi connectivity index (χ0n) is 16.4. The van der Waals surface area contributed by atoms with E-state index in [0.29, 0.717) is 22.8 Å². The number of anilines is 1. The summed E-state index contributed by atoms with van der Waals surface area (Å²) in [7, 11) is 0. The summed E-state index contributed by atoms with van der Waals surface area (Å²) in [4.78, 5) is 9.35. The molecule has 0 fully saturated rings. The van der Waals surface area contributed by atoms with Crippen molar-refractivity contribution in [3.63, 3.8) is 0 Å². The van der Waals surface area contributed by atoms with Crippen molar-refractivity contribution in [2.24, 2.45) is 5.73 Å². The minimum atomic E-state index is -4.81. The lowest BCUT2D eigenvalue weighted by atomic mass is 9.94. The molecular weight excluding hydrogens is 425 g/mol. The number of hydrogen-bond donors (Lipinski definition) is 3. The normalized spacial score (nSPS) is 15.0. The molecule has 3 heterocycles. The third kappa shape index (κ3) is 3.87. The first-order valence-corrected chi connectivity index (χ1v) is 10.2. The molecule has 0 saturated heterocycles. The molecule has 0 saturated carbocycles. The van der Waals surface area contributed by atoms with Crippen LogP contribution in [0.2, 0.25) is 0 Å². The fourth-order valence-electron chi connectivity index (χ4n) is 3.27. The van der Waals surface area contributed by atoms with Gasteiger partial charge in [-0.2, -0.15) is 13.2 Å². The lowest BCUT2D eigenvalue weighted by Crippen LogP contribution is -2.39. The van der Waals surface area contributed by atoms with Crippen LogP contribution in [0.15, 0.2) is 60.8 Å². The molecule has 3 aromatic heterocycles. The van der Waals surface area contributed by atoms with Crippen molar-refractivity contribution in [1.82, 2.24) is 9.97 Å². The summed E-state index contributed by atoms with van der Waals surface area (Å²) < 4.78 is 40.7. The Labute approximate surface area is 180 Å². The first-order valence-electron chi connectivity index (χ1n) is 9.34. The molecule has 0 aliphatic rings. The van der Waals surface area contributed by atoms with Gasteiger partial charge in [0.05, 0.1) is 17.4 Å². The van der Waals surface area contributed by atoms with E-state index in [1.807, 2.05) is 12.1 Å². The predicted molar refractivity (Wildman–Crippen MR) is 115 cm³/mol. The number of aromatic nitrogens is 2. The van der Waals surface area contributed by atoms with Gasteiger partial charge in [-0.05, 0) is 48.2 Å². The van der Waals surface area contributed by atoms with Gasteiger partial charge in [-0.25, -0.2) is 4.98 Å². The van der Waals surface area contributed by atoms with Crippen molar-refractivity contribution in [1.29, 1.82) is 0 Å². The van der Waals surface area contributed by atoms with Crippen molar-refractivity contribution >= 4 is 27.2 Å². The first kappa shape index (κ1) is 21.2. The molecule has 4 rings (SSSR count). The molecule has 2 unspecified atom stereocenters. The highest BCUT2D eigenvalue weighted by atomic mass is 32.1. The lowest BCUT2D eigenvalue weighted by molar-refractivity contribution is -0.258. The highest BCUT2D eigenvalue weighted by Crippen LogP contribution is 2.41. The number of thiophene rings is 1. The monoisotopic (exact) mass is 444 g/mol. The van der Waals surface area contributed by atoms with Crippen LogP contribution in [0, 0.1) is 0 Å². The van der Waals surface area contributed by atoms with E-state index in [-0.39, 0.29) is 5.56 Å². The Balaban J connectivity index is 1.79. The topological polar surface area (TPSA) is 98.0 Å². The van der Waals surface area contributed by atoms with E-state index in [1.165, 1.54) is 29.7 Å². The number of aliphatic hydroxyl groups is 1. The molecule has 0 bridgehead atoms. The Kier molecular flexibility index (Phi) is 5.20. The number of nitrogens with zero attached hydrogens (tertiary/aromatic N) is 2. The Hall–Kier alpha value is -3.01. The molecule has 1 aromatic carbocycles. The summed E-state index contributed by atoms with van der Waals surface area (Å²) >= 11 is 1.42. The number of nitrogens with two attached hydrogens (primary N) is 2. The van der Waals surface area contributed by atoms with Crippen molar-refractivity contribution in [2.45, 2.75) is 24.7 Å². The number of hydrogen-bond acceptors (Lipinski definition) is 6. The van der Waals surface area contributed by atoms with Crippen molar-refractivity contribution in [3.8, 4) is 11.3 Å². The van der Waals surface area contributed by atoms with Crippen LogP contribution < -0.4 is 11.5 Å². The quantitative estimate of drug-likeness (QED) is 0.422. The molecule has 160 valence electrons. The summed E-state index contributed by atoms with van der Waals surface area (Å²) in [5.41, 5.74) is 10.5. The highest BCUT2D eigenvalue weighted by molar-refractivity contribution is 7.19. The number of nitrogen functional groups attached to an aromatic ring is 1. The Morgan fingerprint density at radius 2 is 1.81 bits per heavy atom. The van der Waals surface area contributed by atoms with E-state index >= 15 is 0 Å². The molecular formula is C22H19F3N4OS. The smallest absolute Gasteiger partial charge is 0.384 e. The van der Waals surface area contributed by atoms with Crippen LogP contribution in [-0.4, -0.2) is 21.3 Å². The van der Waals surface area contributed by atoms with Gasteiger partial charge in [-0.1, -0.05) is 24.3 Å². The molecule has 0 amide bonds. The number of halogens is 3. The van der Waals surface area contributed by atoms with Crippen molar-refractivity contribution < 1.29 is 18.3 Å². The summed E-state index contributed by atoms with van der Waals surface area (Å²) in [6.07, 6.45) is -3.55. The third-order valence-corrected chi connectivity index (χ3v) is 6.40. The molecule has 0 radical (unpaired) electrons. The van der Waals surface area contributed by atoms with Crippen LogP contribution in [0.3, 0.4) is 0 Å². The second-order valence-corrected chi connectivity index (χ2v) is 8.42. The fourth-order valence-corrected chi connectivity index (χ4v) is 4.47. The largest absolute Gasteiger partial charge is 0.421 e. The molecule has 5 N–H and O–H groups in total. The standard InChI is InChI=1S/C22H19F3N4OS/c1-21(30,22(23,24)25)13-8-9-28-16(11-13)14-5-2-4-12-10-17(31-20(12)14)19(27)15-6-3-7-18(26)29-15/h2-11,19,30H,27H2,1H3,(H2,26,29). The Bertz CT molecular complexity index is 1250. The SMILES string of the molecule is CC(O)(c1ccnc(-c2cccc3cc(C(N)c4cccc(N)n4)sc23)c1)C(F)(F)F. The van der Waals surface area contributed by atoms with E-state index in [1.54, 1.807) is 30.3 Å². The van der Waals surface area contributed by atoms with E-state index in [4.69, 9.17) is 11.5 Å². The molecule has 0 aliphatic carbocycles. The van der Waals surface area contributed by atoms with E-state index in [9.17, 15) is 18.3 Å². The van der Waals surface area contributed by atoms with Gasteiger partial charge in [-0.3, -0.25) is 4.98 Å². The number of benzene rings is 1. The molecule has 0 spiro atoms. The number of pyridine rings is 2. The van der Waals surface area contributed by atoms with Gasteiger partial charge in [0.25, 0.3) is 0 Å². The average Bonchev–Trinajstić information content (AvgIpc) is 3.17. The predicted octanol–water partition coefficient (Wildman–Crippen LogP) is 4.76. The second kappa shape index (κ2) is 7.60. The molecule has 4 aromatic rings. The molecule has 31 heavy (non-hydrogen) atoms. The minimum Gasteiger partial charge on any atom is -0.384 e. The Morgan fingerprint density at radius 3 is 2.52 bits per heavy atom. The minimum absolute atomic E-state index is 0.278. The maximum Gasteiger partial charge on any atom is 0.421 e. The summed E-state index contributed by atoms with van der Waals surface area (Å²) in [6, 6.07) is 14.6. The molecule has 2 atom stereocenters. The van der Waals surface area contributed by atoms with Crippen molar-refractivity contribution in [2.75, 3.05) is 5.73 Å². The van der Waals surface area contributed by atoms with Crippen LogP contribution in [0.1, 0.15) is 29.1 Å². The van der Waals surface area contributed by atoms with Crippen molar-refractivity contribution in [3.05, 3.63) is 76.9 Å². The maximum atomic E-state index is 13.3. The highest BCUT2D eigenvalue weighted by Gasteiger charge is 2.51.